The molecule has 3 heteroatoms. The van der Waals surface area contributed by atoms with Gasteiger partial charge >= 0.3 is 0 Å². The van der Waals surface area contributed by atoms with Gasteiger partial charge in [0.1, 0.15) is 11.5 Å². The van der Waals surface area contributed by atoms with Gasteiger partial charge < -0.3 is 9.64 Å². The van der Waals surface area contributed by atoms with Gasteiger partial charge in [-0.05, 0) is 37.1 Å². The van der Waals surface area contributed by atoms with E-state index in [-0.39, 0.29) is 0 Å². The van der Waals surface area contributed by atoms with Crippen LogP contribution in [0, 0.1) is 5.92 Å². The lowest BCUT2D eigenvalue weighted by molar-refractivity contribution is -0.119. The molecule has 1 aliphatic rings. The third-order valence-electron chi connectivity index (χ3n) is 3.54. The van der Waals surface area contributed by atoms with Gasteiger partial charge in [0, 0.05) is 25.9 Å². The summed E-state index contributed by atoms with van der Waals surface area (Å²) in [6, 6.07) is 8.15. The molecule has 1 saturated heterocycles. The number of ketones is 1. The van der Waals surface area contributed by atoms with Gasteiger partial charge in [0.25, 0.3) is 0 Å². The van der Waals surface area contributed by atoms with Crippen molar-refractivity contribution < 1.29 is 9.53 Å². The van der Waals surface area contributed by atoms with E-state index in [2.05, 4.69) is 24.1 Å². The first-order valence-electron chi connectivity index (χ1n) is 6.50. The highest BCUT2D eigenvalue weighted by Crippen LogP contribution is 2.20. The standard InChI is InChI=1S/C15H21NO2/c1-16-8-7-14(17)10-13(11-16)9-12-3-5-15(18-2)6-4-12/h3-6,13H,7-11H2,1-2H3. The van der Waals surface area contributed by atoms with Crippen molar-refractivity contribution in [2.75, 3.05) is 27.2 Å². The Morgan fingerprint density at radius 2 is 2.06 bits per heavy atom. The Morgan fingerprint density at radius 3 is 2.72 bits per heavy atom. The van der Waals surface area contributed by atoms with Crippen LogP contribution in [0.3, 0.4) is 0 Å². The maximum absolute atomic E-state index is 11.7. The molecule has 0 aromatic heterocycles. The van der Waals surface area contributed by atoms with Crippen molar-refractivity contribution in [3.8, 4) is 5.75 Å². The average molecular weight is 247 g/mol. The summed E-state index contributed by atoms with van der Waals surface area (Å²) < 4.78 is 5.15. The summed E-state index contributed by atoms with van der Waals surface area (Å²) >= 11 is 0. The molecular formula is C15H21NO2. The van der Waals surface area contributed by atoms with Crippen LogP contribution in [0.2, 0.25) is 0 Å². The van der Waals surface area contributed by atoms with Gasteiger partial charge in [0.2, 0.25) is 0 Å². The molecule has 1 heterocycles. The lowest BCUT2D eigenvalue weighted by atomic mass is 9.94. The summed E-state index contributed by atoms with van der Waals surface area (Å²) in [4.78, 5) is 13.9. The minimum atomic E-state index is 0.401. The number of benzene rings is 1. The van der Waals surface area contributed by atoms with Gasteiger partial charge in [-0.2, -0.15) is 0 Å². The number of ether oxygens (including phenoxy) is 1. The predicted molar refractivity (Wildman–Crippen MR) is 71.9 cm³/mol. The summed E-state index contributed by atoms with van der Waals surface area (Å²) in [5, 5.41) is 0. The van der Waals surface area contributed by atoms with E-state index in [9.17, 15) is 4.79 Å². The van der Waals surface area contributed by atoms with E-state index >= 15 is 0 Å². The highest BCUT2D eigenvalue weighted by atomic mass is 16.5. The fourth-order valence-corrected chi connectivity index (χ4v) is 2.57. The molecule has 0 aliphatic carbocycles. The molecule has 0 N–H and O–H groups in total. The minimum absolute atomic E-state index is 0.401. The molecule has 0 saturated carbocycles. The molecule has 0 radical (unpaired) electrons. The number of hydrogen-bond acceptors (Lipinski definition) is 3. The van der Waals surface area contributed by atoms with Gasteiger partial charge in [-0.3, -0.25) is 4.79 Å². The molecule has 98 valence electrons. The Balaban J connectivity index is 1.99. The van der Waals surface area contributed by atoms with Crippen molar-refractivity contribution in [3.63, 3.8) is 0 Å². The van der Waals surface area contributed by atoms with Crippen molar-refractivity contribution in [1.29, 1.82) is 0 Å². The summed E-state index contributed by atoms with van der Waals surface area (Å²) in [6.45, 7) is 1.91. The molecular weight excluding hydrogens is 226 g/mol. The van der Waals surface area contributed by atoms with Crippen molar-refractivity contribution in [1.82, 2.24) is 4.90 Å². The average Bonchev–Trinajstić information content (AvgIpc) is 2.52. The van der Waals surface area contributed by atoms with E-state index in [1.54, 1.807) is 7.11 Å². The second-order valence-electron chi connectivity index (χ2n) is 5.17. The number of carbonyl (C=O) groups is 1. The normalized spacial score (nSPS) is 21.7. The second-order valence-corrected chi connectivity index (χ2v) is 5.17. The fourth-order valence-electron chi connectivity index (χ4n) is 2.57. The van der Waals surface area contributed by atoms with E-state index in [0.717, 1.165) is 31.7 Å². The number of hydrogen-bond donors (Lipinski definition) is 0. The Kier molecular flexibility index (Phi) is 4.37. The second kappa shape index (κ2) is 6.01. The lowest BCUT2D eigenvalue weighted by Gasteiger charge is -2.19. The van der Waals surface area contributed by atoms with Crippen LogP contribution >= 0.6 is 0 Å². The summed E-state index contributed by atoms with van der Waals surface area (Å²) in [5.74, 6) is 1.73. The topological polar surface area (TPSA) is 29.5 Å². The van der Waals surface area contributed by atoms with Crippen LogP contribution in [0.5, 0.6) is 5.75 Å². The number of methoxy groups -OCH3 is 1. The van der Waals surface area contributed by atoms with Gasteiger partial charge in [-0.15, -0.1) is 0 Å². The minimum Gasteiger partial charge on any atom is -0.497 e. The first-order chi connectivity index (χ1) is 8.67. The molecule has 1 aromatic rings. The quantitative estimate of drug-likeness (QED) is 0.819. The smallest absolute Gasteiger partial charge is 0.134 e. The van der Waals surface area contributed by atoms with Crippen LogP contribution in [0.1, 0.15) is 18.4 Å². The third-order valence-corrected chi connectivity index (χ3v) is 3.54. The number of Topliss-reactive ketones (excluding diaryl/α,β-unsaturated/α-hetero) is 1. The Labute approximate surface area is 109 Å². The summed E-state index contributed by atoms with van der Waals surface area (Å²) in [6.07, 6.45) is 2.39. The van der Waals surface area contributed by atoms with Crippen LogP contribution in [-0.4, -0.2) is 37.9 Å². The SMILES string of the molecule is COc1ccc(CC2CC(=O)CCN(C)C2)cc1. The van der Waals surface area contributed by atoms with Gasteiger partial charge in [-0.1, -0.05) is 12.1 Å². The molecule has 1 atom stereocenters. The highest BCUT2D eigenvalue weighted by Gasteiger charge is 2.20. The molecule has 1 aromatic carbocycles. The number of likely N-dealkylation sites (tertiary alicyclic amines) is 1. The van der Waals surface area contributed by atoms with Crippen LogP contribution < -0.4 is 4.74 Å². The summed E-state index contributed by atoms with van der Waals surface area (Å²) in [7, 11) is 3.77. The third kappa shape index (κ3) is 3.57. The molecule has 1 fully saturated rings. The summed E-state index contributed by atoms with van der Waals surface area (Å²) in [5.41, 5.74) is 1.28. The fraction of sp³-hybridized carbons (Fsp3) is 0.533. The molecule has 0 amide bonds. The number of rotatable bonds is 3. The molecule has 18 heavy (non-hydrogen) atoms. The maximum Gasteiger partial charge on any atom is 0.134 e. The molecule has 0 bridgehead atoms. The van der Waals surface area contributed by atoms with Crippen molar-refractivity contribution in [2.24, 2.45) is 5.92 Å². The van der Waals surface area contributed by atoms with E-state index in [1.807, 2.05) is 12.1 Å². The van der Waals surface area contributed by atoms with Gasteiger partial charge in [0.15, 0.2) is 0 Å². The van der Waals surface area contributed by atoms with Crippen LogP contribution in [0.15, 0.2) is 24.3 Å². The maximum atomic E-state index is 11.7. The Hall–Kier alpha value is -1.35. The molecule has 1 unspecified atom stereocenters. The lowest BCUT2D eigenvalue weighted by Crippen LogP contribution is -2.25. The Morgan fingerprint density at radius 1 is 1.33 bits per heavy atom. The predicted octanol–water partition coefficient (Wildman–Crippen LogP) is 2.15. The van der Waals surface area contributed by atoms with Crippen LogP contribution in [0.25, 0.3) is 0 Å². The zero-order chi connectivity index (χ0) is 13.0. The van der Waals surface area contributed by atoms with Crippen LogP contribution in [-0.2, 0) is 11.2 Å². The van der Waals surface area contributed by atoms with Gasteiger partial charge in [0.05, 0.1) is 7.11 Å². The van der Waals surface area contributed by atoms with Crippen molar-refractivity contribution in [2.45, 2.75) is 19.3 Å². The first-order valence-corrected chi connectivity index (χ1v) is 6.50. The molecule has 2 rings (SSSR count). The van der Waals surface area contributed by atoms with E-state index in [0.29, 0.717) is 18.1 Å². The van der Waals surface area contributed by atoms with Gasteiger partial charge in [-0.25, -0.2) is 0 Å². The highest BCUT2D eigenvalue weighted by molar-refractivity contribution is 5.79. The van der Waals surface area contributed by atoms with Crippen molar-refractivity contribution in [3.05, 3.63) is 29.8 Å². The monoisotopic (exact) mass is 247 g/mol. The number of nitrogens with zero attached hydrogens (tertiary/aromatic N) is 1. The first kappa shape index (κ1) is 13.1. The zero-order valence-corrected chi connectivity index (χ0v) is 11.2. The zero-order valence-electron chi connectivity index (χ0n) is 11.2. The van der Waals surface area contributed by atoms with Crippen LogP contribution in [0.4, 0.5) is 0 Å². The Bertz CT molecular complexity index is 399. The molecule has 3 nitrogen and oxygen atoms in total. The molecule has 1 aliphatic heterocycles. The van der Waals surface area contributed by atoms with E-state index in [4.69, 9.17) is 4.74 Å². The largest absolute Gasteiger partial charge is 0.497 e. The van der Waals surface area contributed by atoms with E-state index in [1.165, 1.54) is 5.56 Å². The van der Waals surface area contributed by atoms with Crippen molar-refractivity contribution >= 4 is 5.78 Å². The molecule has 0 spiro atoms. The van der Waals surface area contributed by atoms with E-state index < -0.39 is 0 Å². The number of carbonyl (C=O) groups excluding carboxylic acids is 1.